The Bertz CT molecular complexity index is 1500. The van der Waals surface area contributed by atoms with Gasteiger partial charge in [0, 0.05) is 10.8 Å². The lowest BCUT2D eigenvalue weighted by Crippen LogP contribution is -2.27. The third-order valence-corrected chi connectivity index (χ3v) is 18.3. The summed E-state index contributed by atoms with van der Waals surface area (Å²) in [6.45, 7) is 9.32. The fourth-order valence-electron chi connectivity index (χ4n) is 12.5. The molecule has 0 spiro atoms. The van der Waals surface area contributed by atoms with Crippen LogP contribution in [0.1, 0.15) is 333 Å². The van der Waals surface area contributed by atoms with Gasteiger partial charge < -0.3 is 0 Å². The molecular weight excluding hydrogens is 837 g/mol. The largest absolute Gasteiger partial charge is 0.248 e. The van der Waals surface area contributed by atoms with Crippen molar-refractivity contribution >= 4 is 22.7 Å². The van der Waals surface area contributed by atoms with E-state index >= 15 is 0 Å². The van der Waals surface area contributed by atoms with E-state index in [0.29, 0.717) is 0 Å². The van der Waals surface area contributed by atoms with Gasteiger partial charge >= 0.3 is 0 Å². The van der Waals surface area contributed by atoms with Gasteiger partial charge in [-0.15, -0.1) is 22.7 Å². The van der Waals surface area contributed by atoms with E-state index in [2.05, 4.69) is 50.8 Å². The van der Waals surface area contributed by atoms with E-state index in [0.717, 1.165) is 0 Å². The molecule has 2 aliphatic rings. The molecule has 0 atom stereocenters. The van der Waals surface area contributed by atoms with Crippen LogP contribution in [0.3, 0.4) is 0 Å². The second-order valence-corrected chi connectivity index (χ2v) is 23.6. The van der Waals surface area contributed by atoms with E-state index in [1.807, 2.05) is 22.7 Å². The highest BCUT2D eigenvalue weighted by Gasteiger charge is 2.50. The van der Waals surface area contributed by atoms with Crippen LogP contribution < -0.4 is 0 Å². The van der Waals surface area contributed by atoms with Crippen LogP contribution in [0.5, 0.6) is 0 Å². The molecule has 0 unspecified atom stereocenters. The van der Waals surface area contributed by atoms with E-state index in [1.54, 1.807) is 22.3 Å². The van der Waals surface area contributed by atoms with Gasteiger partial charge in [-0.3, -0.25) is 0 Å². The SMILES string of the molecule is CCCCCCCCCCCCC1(CCCCCCCCCCCC)c2cc3c(cc2-c2scnc21)C(CCCCCCCCCCCC)(CCCCCCCCCCCC)c1ncsc1-3. The molecule has 0 saturated heterocycles. The molecule has 0 aliphatic heterocycles. The molecule has 2 nitrogen and oxygen atoms in total. The number of thiazole rings is 2. The van der Waals surface area contributed by atoms with Crippen molar-refractivity contribution in [1.82, 2.24) is 9.97 Å². The standard InChI is InChI=1S/C62H104N2S2/c1-5-9-13-17-21-25-29-33-37-41-45-61(46-42-38-34-30-26-22-18-14-10-6-2)55-49-54-56(50-53(55)57-59(61)63-51-65-57)62(60-58(54)66-52-64-60,47-43-39-35-31-27-23-19-15-11-7-3)48-44-40-36-32-28-24-20-16-12-8-4/h49-52H,5-48H2,1-4H3. The second-order valence-electron chi connectivity index (χ2n) is 21.9. The summed E-state index contributed by atoms with van der Waals surface area (Å²) in [7, 11) is 0. The maximum atomic E-state index is 5.39. The number of hydrogen-bond donors (Lipinski definition) is 0. The average molecular weight is 942 g/mol. The number of rotatable bonds is 44. The number of aromatic nitrogens is 2. The highest BCUT2D eigenvalue weighted by molar-refractivity contribution is 7.14. The molecule has 0 fully saturated rings. The van der Waals surface area contributed by atoms with Crippen molar-refractivity contribution in [3.05, 3.63) is 45.7 Å². The minimum absolute atomic E-state index is 0.0587. The molecule has 0 bridgehead atoms. The van der Waals surface area contributed by atoms with Crippen molar-refractivity contribution in [3.63, 3.8) is 0 Å². The zero-order valence-corrected chi connectivity index (χ0v) is 45.8. The lowest BCUT2D eigenvalue weighted by atomic mass is 9.70. The fourth-order valence-corrected chi connectivity index (χ4v) is 14.3. The molecule has 0 N–H and O–H groups in total. The van der Waals surface area contributed by atoms with Crippen LogP contribution in [0.25, 0.3) is 20.9 Å². The van der Waals surface area contributed by atoms with Crippen LogP contribution >= 0.6 is 22.7 Å². The number of fused-ring (bicyclic) bond motifs is 6. The molecule has 4 heteroatoms. The summed E-state index contributed by atoms with van der Waals surface area (Å²) in [5.74, 6) is 0. The van der Waals surface area contributed by atoms with Gasteiger partial charge in [-0.05, 0) is 60.1 Å². The third-order valence-electron chi connectivity index (χ3n) is 16.5. The van der Waals surface area contributed by atoms with Gasteiger partial charge in [-0.1, -0.05) is 285 Å². The first-order valence-electron chi connectivity index (χ1n) is 29.7. The highest BCUT2D eigenvalue weighted by atomic mass is 32.1. The van der Waals surface area contributed by atoms with Crippen molar-refractivity contribution in [2.24, 2.45) is 0 Å². The van der Waals surface area contributed by atoms with Gasteiger partial charge in [-0.2, -0.15) is 0 Å². The summed E-state index contributed by atoms with van der Waals surface area (Å²) in [4.78, 5) is 13.8. The predicted octanol–water partition coefficient (Wildman–Crippen LogP) is 22.4. The number of unbranched alkanes of at least 4 members (excludes halogenated alkanes) is 36. The molecular formula is C62H104N2S2. The molecule has 0 amide bonds. The fraction of sp³-hybridized carbons (Fsp3) is 0.806. The lowest BCUT2D eigenvalue weighted by molar-refractivity contribution is 0.386. The Labute approximate surface area is 418 Å². The zero-order chi connectivity index (χ0) is 46.4. The van der Waals surface area contributed by atoms with Crippen molar-refractivity contribution in [1.29, 1.82) is 0 Å². The number of nitrogens with zero attached hydrogens (tertiary/aromatic N) is 2. The average Bonchev–Trinajstić information content (AvgIpc) is 4.12. The van der Waals surface area contributed by atoms with E-state index in [1.165, 1.54) is 304 Å². The maximum absolute atomic E-state index is 5.39. The van der Waals surface area contributed by atoms with Crippen molar-refractivity contribution in [2.75, 3.05) is 0 Å². The first-order chi connectivity index (χ1) is 32.7. The lowest BCUT2D eigenvalue weighted by Gasteiger charge is -2.33. The minimum Gasteiger partial charge on any atom is -0.248 e. The summed E-state index contributed by atoms with van der Waals surface area (Å²) in [5, 5.41) is 0. The Hall–Kier alpha value is -1.52. The molecule has 2 aromatic heterocycles. The molecule has 2 aliphatic carbocycles. The predicted molar refractivity (Wildman–Crippen MR) is 296 cm³/mol. The van der Waals surface area contributed by atoms with Gasteiger partial charge in [0.15, 0.2) is 0 Å². The van der Waals surface area contributed by atoms with E-state index in [-0.39, 0.29) is 10.8 Å². The minimum atomic E-state index is 0.0587. The Balaban J connectivity index is 1.34. The first kappa shape index (κ1) is 55.4. The van der Waals surface area contributed by atoms with Gasteiger partial charge in [0.2, 0.25) is 0 Å². The summed E-state index contributed by atoms with van der Waals surface area (Å²) >= 11 is 3.90. The molecule has 5 rings (SSSR count). The summed E-state index contributed by atoms with van der Waals surface area (Å²) in [6.07, 6.45) is 61.0. The van der Waals surface area contributed by atoms with Gasteiger partial charge in [0.25, 0.3) is 0 Å². The van der Waals surface area contributed by atoms with E-state index in [4.69, 9.17) is 9.97 Å². The summed E-state index contributed by atoms with van der Waals surface area (Å²) < 4.78 is 0. The Morgan fingerprint density at radius 3 is 0.742 bits per heavy atom. The first-order valence-corrected chi connectivity index (χ1v) is 31.5. The summed E-state index contributed by atoms with van der Waals surface area (Å²) in [6, 6.07) is 5.56. The molecule has 0 saturated carbocycles. The van der Waals surface area contributed by atoms with Crippen LogP contribution in [0.15, 0.2) is 23.2 Å². The van der Waals surface area contributed by atoms with E-state index in [9.17, 15) is 0 Å². The van der Waals surface area contributed by atoms with Crippen LogP contribution in [0.2, 0.25) is 0 Å². The molecule has 0 radical (unpaired) electrons. The van der Waals surface area contributed by atoms with Crippen LogP contribution in [0, 0.1) is 0 Å². The zero-order valence-electron chi connectivity index (χ0n) is 44.1. The smallest absolute Gasteiger partial charge is 0.0801 e. The quantitative estimate of drug-likeness (QED) is 0.0528. The Morgan fingerprint density at radius 2 is 0.515 bits per heavy atom. The van der Waals surface area contributed by atoms with Crippen LogP contribution in [-0.2, 0) is 10.8 Å². The normalized spacial score (nSPS) is 14.2. The number of hydrogen-bond acceptors (Lipinski definition) is 4. The second kappa shape index (κ2) is 33.1. The summed E-state index contributed by atoms with van der Waals surface area (Å²) in [5.41, 5.74) is 13.9. The molecule has 1 aromatic carbocycles. The van der Waals surface area contributed by atoms with Gasteiger partial charge in [0.05, 0.1) is 32.2 Å². The molecule has 3 aromatic rings. The Morgan fingerprint density at radius 1 is 0.303 bits per heavy atom. The monoisotopic (exact) mass is 941 g/mol. The van der Waals surface area contributed by atoms with Crippen LogP contribution in [0.4, 0.5) is 0 Å². The van der Waals surface area contributed by atoms with Crippen molar-refractivity contribution < 1.29 is 0 Å². The van der Waals surface area contributed by atoms with Crippen molar-refractivity contribution in [3.8, 4) is 20.9 Å². The van der Waals surface area contributed by atoms with Crippen LogP contribution in [-0.4, -0.2) is 9.97 Å². The molecule has 66 heavy (non-hydrogen) atoms. The molecule has 2 heterocycles. The number of benzene rings is 1. The molecule has 374 valence electrons. The highest BCUT2D eigenvalue weighted by Crippen LogP contribution is 2.61. The van der Waals surface area contributed by atoms with E-state index < -0.39 is 0 Å². The topological polar surface area (TPSA) is 25.8 Å². The van der Waals surface area contributed by atoms with Gasteiger partial charge in [0.1, 0.15) is 0 Å². The Kier molecular flexibility index (Phi) is 27.8. The third kappa shape index (κ3) is 16.8. The maximum Gasteiger partial charge on any atom is 0.0801 e. The van der Waals surface area contributed by atoms with Gasteiger partial charge in [-0.25, -0.2) is 9.97 Å². The van der Waals surface area contributed by atoms with Crippen molar-refractivity contribution in [2.45, 2.75) is 321 Å².